The fourth-order valence-corrected chi connectivity index (χ4v) is 4.38. The number of carbonyl (C=O) groups is 1. The van der Waals surface area contributed by atoms with Crippen LogP contribution >= 0.6 is 0 Å². The third kappa shape index (κ3) is 4.86. The van der Waals surface area contributed by atoms with Crippen molar-refractivity contribution in [2.45, 2.75) is 31.7 Å². The number of fused-ring (bicyclic) bond motifs is 1. The topological polar surface area (TPSA) is 115 Å². The van der Waals surface area contributed by atoms with Gasteiger partial charge in [0.05, 0.1) is 11.3 Å². The van der Waals surface area contributed by atoms with Crippen LogP contribution < -0.4 is 15.6 Å². The normalized spacial score (nSPS) is 13.3. The molecule has 3 aromatic heterocycles. The van der Waals surface area contributed by atoms with Crippen LogP contribution in [-0.4, -0.2) is 36.8 Å². The number of benzene rings is 2. The summed E-state index contributed by atoms with van der Waals surface area (Å²) in [7, 11) is 0. The van der Waals surface area contributed by atoms with E-state index in [1.54, 1.807) is 18.3 Å². The van der Waals surface area contributed by atoms with Crippen molar-refractivity contribution in [3.8, 4) is 17.2 Å². The molecule has 0 unspecified atom stereocenters. The number of aromatic nitrogens is 5. The summed E-state index contributed by atoms with van der Waals surface area (Å²) in [6.07, 6.45) is 5.92. The van der Waals surface area contributed by atoms with E-state index in [4.69, 9.17) is 4.74 Å². The molecule has 1 fully saturated rings. The number of carbonyl (C=O) groups excluding carboxylic acids is 1. The SMILES string of the molecule is O=C(Cc1ccc(Oc2ccnc3[nH]nc(NC4CCC4)c23)c(F)c1)c1ccnn(-c2ccc(F)cc2)c1=O. The lowest BCUT2D eigenvalue weighted by atomic mass is 9.93. The van der Waals surface area contributed by atoms with Crippen LogP contribution in [0.5, 0.6) is 11.5 Å². The van der Waals surface area contributed by atoms with Gasteiger partial charge in [0.1, 0.15) is 17.0 Å². The summed E-state index contributed by atoms with van der Waals surface area (Å²) in [4.78, 5) is 30.1. The van der Waals surface area contributed by atoms with Gasteiger partial charge in [-0.3, -0.25) is 14.7 Å². The summed E-state index contributed by atoms with van der Waals surface area (Å²) in [6.45, 7) is 0. The van der Waals surface area contributed by atoms with Crippen molar-refractivity contribution in [3.63, 3.8) is 0 Å². The average molecular weight is 529 g/mol. The van der Waals surface area contributed by atoms with E-state index in [1.165, 1.54) is 48.7 Å². The predicted octanol–water partition coefficient (Wildman–Crippen LogP) is 4.96. The molecule has 11 heteroatoms. The number of rotatable bonds is 8. The fraction of sp³-hybridized carbons (Fsp3) is 0.179. The molecule has 0 radical (unpaired) electrons. The molecule has 0 bridgehead atoms. The molecular formula is C28H22F2N6O3. The first-order chi connectivity index (χ1) is 19.0. The van der Waals surface area contributed by atoms with Crippen LogP contribution in [0.3, 0.4) is 0 Å². The highest BCUT2D eigenvalue weighted by Gasteiger charge is 2.22. The first-order valence-electron chi connectivity index (χ1n) is 12.4. The average Bonchev–Trinajstić information content (AvgIpc) is 3.32. The van der Waals surface area contributed by atoms with E-state index in [-0.39, 0.29) is 17.7 Å². The molecule has 5 aromatic rings. The summed E-state index contributed by atoms with van der Waals surface area (Å²) < 4.78 is 35.3. The number of hydrogen-bond donors (Lipinski definition) is 2. The molecule has 0 atom stereocenters. The molecule has 39 heavy (non-hydrogen) atoms. The van der Waals surface area contributed by atoms with Gasteiger partial charge in [-0.25, -0.2) is 13.8 Å². The number of pyridine rings is 1. The Morgan fingerprint density at radius 2 is 1.87 bits per heavy atom. The first kappa shape index (κ1) is 24.4. The molecule has 3 heterocycles. The van der Waals surface area contributed by atoms with Gasteiger partial charge < -0.3 is 10.1 Å². The lowest BCUT2D eigenvalue weighted by molar-refractivity contribution is 0.0991. The molecule has 1 saturated carbocycles. The van der Waals surface area contributed by atoms with Crippen molar-refractivity contribution in [3.05, 3.63) is 100 Å². The highest BCUT2D eigenvalue weighted by molar-refractivity contribution is 5.97. The molecule has 6 rings (SSSR count). The number of ketones is 1. The predicted molar refractivity (Wildman–Crippen MR) is 139 cm³/mol. The monoisotopic (exact) mass is 528 g/mol. The molecule has 0 spiro atoms. The van der Waals surface area contributed by atoms with Gasteiger partial charge in [0.25, 0.3) is 5.56 Å². The smallest absolute Gasteiger partial charge is 0.282 e. The molecule has 0 saturated heterocycles. The van der Waals surface area contributed by atoms with Gasteiger partial charge in [-0.05, 0) is 67.3 Å². The Bertz CT molecular complexity index is 1750. The zero-order valence-electron chi connectivity index (χ0n) is 20.5. The van der Waals surface area contributed by atoms with Crippen LogP contribution in [0.1, 0.15) is 35.2 Å². The molecular weight excluding hydrogens is 506 g/mol. The standard InChI is InChI=1S/C28H22F2N6O3/c29-17-5-7-19(8-6-17)36-28(38)20(10-13-32-36)22(37)15-16-4-9-23(21(30)14-16)39-24-11-12-31-26-25(24)27(35-34-26)33-18-2-1-3-18/h4-14,18H,1-3,15H2,(H2,31,33,34,35). The van der Waals surface area contributed by atoms with E-state index in [0.29, 0.717) is 39.9 Å². The maximum atomic E-state index is 15.1. The number of H-pyrrole nitrogens is 1. The van der Waals surface area contributed by atoms with Gasteiger partial charge in [0, 0.05) is 30.9 Å². The van der Waals surface area contributed by atoms with Crippen LogP contribution in [0.15, 0.2) is 71.8 Å². The number of anilines is 1. The quantitative estimate of drug-likeness (QED) is 0.274. The molecule has 2 N–H and O–H groups in total. The Morgan fingerprint density at radius 1 is 1.05 bits per heavy atom. The fourth-order valence-electron chi connectivity index (χ4n) is 4.38. The molecule has 0 amide bonds. The second kappa shape index (κ2) is 10.1. The minimum Gasteiger partial charge on any atom is -0.453 e. The maximum absolute atomic E-state index is 15.1. The van der Waals surface area contributed by atoms with Crippen LogP contribution in [-0.2, 0) is 6.42 Å². The Labute approximate surface area is 220 Å². The minimum absolute atomic E-state index is 0.0305. The van der Waals surface area contributed by atoms with E-state index >= 15 is 4.39 Å². The Kier molecular flexibility index (Phi) is 6.31. The van der Waals surface area contributed by atoms with Gasteiger partial charge in [0.15, 0.2) is 28.8 Å². The van der Waals surface area contributed by atoms with Crippen LogP contribution in [0.4, 0.5) is 14.6 Å². The molecule has 0 aliphatic heterocycles. The van der Waals surface area contributed by atoms with Crippen LogP contribution in [0.25, 0.3) is 16.7 Å². The van der Waals surface area contributed by atoms with Crippen LogP contribution in [0.2, 0.25) is 0 Å². The van der Waals surface area contributed by atoms with Crippen molar-refractivity contribution in [2.75, 3.05) is 5.32 Å². The summed E-state index contributed by atoms with van der Waals surface area (Å²) in [6, 6.07) is 12.6. The molecule has 2 aromatic carbocycles. The van der Waals surface area contributed by atoms with E-state index in [9.17, 15) is 14.0 Å². The zero-order valence-corrected chi connectivity index (χ0v) is 20.5. The van der Waals surface area contributed by atoms with Gasteiger partial charge in [-0.15, -0.1) is 0 Å². The minimum atomic E-state index is -0.666. The highest BCUT2D eigenvalue weighted by atomic mass is 19.1. The van der Waals surface area contributed by atoms with E-state index in [2.05, 4.69) is 25.6 Å². The third-order valence-electron chi connectivity index (χ3n) is 6.67. The van der Waals surface area contributed by atoms with Crippen molar-refractivity contribution >= 4 is 22.6 Å². The maximum Gasteiger partial charge on any atom is 0.282 e. The largest absolute Gasteiger partial charge is 0.453 e. The van der Waals surface area contributed by atoms with Gasteiger partial charge >= 0.3 is 0 Å². The summed E-state index contributed by atoms with van der Waals surface area (Å²) in [5.41, 5.74) is 0.436. The van der Waals surface area contributed by atoms with Crippen molar-refractivity contribution in [1.29, 1.82) is 0 Å². The van der Waals surface area contributed by atoms with E-state index in [1.807, 2.05) is 0 Å². The van der Waals surface area contributed by atoms with E-state index in [0.717, 1.165) is 23.9 Å². The molecule has 196 valence electrons. The van der Waals surface area contributed by atoms with Crippen molar-refractivity contribution in [1.82, 2.24) is 25.0 Å². The number of halogens is 2. The lowest BCUT2D eigenvalue weighted by Crippen LogP contribution is -2.27. The van der Waals surface area contributed by atoms with Gasteiger partial charge in [-0.1, -0.05) is 6.07 Å². The van der Waals surface area contributed by atoms with Crippen molar-refractivity contribution in [2.24, 2.45) is 0 Å². The van der Waals surface area contributed by atoms with Gasteiger partial charge in [-0.2, -0.15) is 14.9 Å². The number of aromatic amines is 1. The third-order valence-corrected chi connectivity index (χ3v) is 6.67. The zero-order chi connectivity index (χ0) is 26.9. The van der Waals surface area contributed by atoms with Crippen molar-refractivity contribution < 1.29 is 18.3 Å². The lowest BCUT2D eigenvalue weighted by Gasteiger charge is -2.26. The number of hydrogen-bond acceptors (Lipinski definition) is 7. The summed E-state index contributed by atoms with van der Waals surface area (Å²) >= 11 is 0. The Hall–Kier alpha value is -4.93. The number of nitrogens with zero attached hydrogens (tertiary/aromatic N) is 4. The second-order valence-corrected chi connectivity index (χ2v) is 9.28. The summed E-state index contributed by atoms with van der Waals surface area (Å²) in [5, 5.41) is 15.1. The highest BCUT2D eigenvalue weighted by Crippen LogP contribution is 2.35. The van der Waals surface area contributed by atoms with Gasteiger partial charge in [0.2, 0.25) is 0 Å². The molecule has 9 nitrogen and oxygen atoms in total. The second-order valence-electron chi connectivity index (χ2n) is 9.28. The number of nitrogens with one attached hydrogen (secondary N) is 2. The first-order valence-corrected chi connectivity index (χ1v) is 12.4. The number of Topliss-reactive ketones (excluding diaryl/α,β-unsaturated/α-hetero) is 1. The van der Waals surface area contributed by atoms with Crippen LogP contribution in [0, 0.1) is 11.6 Å². The Morgan fingerprint density at radius 3 is 2.62 bits per heavy atom. The summed E-state index contributed by atoms with van der Waals surface area (Å²) in [5.74, 6) is -0.678. The molecule has 1 aliphatic carbocycles. The van der Waals surface area contributed by atoms with E-state index < -0.39 is 23.0 Å². The molecule has 1 aliphatic rings. The Balaban J connectivity index is 1.22. The number of ether oxygens (including phenoxy) is 1.